The molecule has 5 rings (SSSR count). The van der Waals surface area contributed by atoms with Gasteiger partial charge in [0.2, 0.25) is 0 Å². The van der Waals surface area contributed by atoms with E-state index < -0.39 is 0 Å². The van der Waals surface area contributed by atoms with Gasteiger partial charge in [0.1, 0.15) is 0 Å². The Balaban J connectivity index is 0.000000728. The van der Waals surface area contributed by atoms with Gasteiger partial charge in [-0.3, -0.25) is 0 Å². The molecule has 33 heavy (non-hydrogen) atoms. The Bertz CT molecular complexity index is 667. The van der Waals surface area contributed by atoms with E-state index in [2.05, 4.69) is 34.3 Å². The van der Waals surface area contributed by atoms with Crippen LogP contribution in [0.15, 0.2) is 12.2 Å². The molecule has 0 saturated heterocycles. The lowest BCUT2D eigenvalue weighted by atomic mass is 9.48. The molecule has 5 fully saturated rings. The summed E-state index contributed by atoms with van der Waals surface area (Å²) in [5.74, 6) is 5.20. The lowest BCUT2D eigenvalue weighted by Crippen LogP contribution is -2.51. The van der Waals surface area contributed by atoms with Crippen LogP contribution in [-0.2, 0) is 0 Å². The highest BCUT2D eigenvalue weighted by Gasteiger charge is 2.78. The van der Waals surface area contributed by atoms with Crippen molar-refractivity contribution in [3.05, 3.63) is 12.2 Å². The van der Waals surface area contributed by atoms with Gasteiger partial charge in [0.15, 0.2) is 0 Å². The molecule has 1 N–H and O–H groups in total. The molecule has 5 aliphatic rings. The Morgan fingerprint density at radius 1 is 0.909 bits per heavy atom. The summed E-state index contributed by atoms with van der Waals surface area (Å²) in [6, 6.07) is 0. The predicted molar refractivity (Wildman–Crippen MR) is 144 cm³/mol. The van der Waals surface area contributed by atoms with Gasteiger partial charge in [-0.15, -0.1) is 6.58 Å². The molecule has 0 aliphatic heterocycles. The quantitative estimate of drug-likeness (QED) is 0.407. The third-order valence-electron chi connectivity index (χ3n) is 11.9. The van der Waals surface area contributed by atoms with Crippen LogP contribution in [-0.4, -0.2) is 11.2 Å². The highest BCUT2D eigenvalue weighted by Crippen LogP contribution is 2.86. The molecule has 192 valence electrons. The van der Waals surface area contributed by atoms with E-state index in [0.29, 0.717) is 22.2 Å². The van der Waals surface area contributed by atoms with Crippen LogP contribution >= 0.6 is 0 Å². The molecule has 0 aromatic rings. The fraction of sp³-hybridized carbons (Fsp3) is 0.938. The van der Waals surface area contributed by atoms with Crippen molar-refractivity contribution >= 4 is 0 Å². The monoisotopic (exact) mass is 458 g/mol. The molecule has 5 aliphatic carbocycles. The smallest absolute Gasteiger partial charge is 0.0568 e. The number of hydrogen-bond acceptors (Lipinski definition) is 1. The Hall–Kier alpha value is -0.300. The molecular weight excluding hydrogens is 400 g/mol. The highest BCUT2D eigenvalue weighted by molar-refractivity contribution is 5.27. The average molecular weight is 459 g/mol. The Morgan fingerprint density at radius 2 is 1.52 bits per heavy atom. The maximum atomic E-state index is 10.5. The van der Waals surface area contributed by atoms with Gasteiger partial charge in [0, 0.05) is 0 Å². The van der Waals surface area contributed by atoms with Gasteiger partial charge < -0.3 is 5.11 Å². The molecule has 0 radical (unpaired) electrons. The maximum Gasteiger partial charge on any atom is 0.0568 e. The standard InChI is InChI=1S/C28H46O.2C2H6/c1-18(2)7-6-8-19(3)21-9-11-23-24-12-10-22-20(4)25(29)13-14-27(22)17-28(24,27)16-15-26(21,23)5;2*1-2/h19-25,29H,1,6-17H2,2-5H3;2*1-2H3. The number of allylic oxidation sites excluding steroid dienone is 1. The molecule has 1 heteroatoms. The van der Waals surface area contributed by atoms with Crippen LogP contribution < -0.4 is 0 Å². The molecule has 10 atom stereocenters. The van der Waals surface area contributed by atoms with Crippen molar-refractivity contribution in [2.75, 3.05) is 0 Å². The molecule has 1 nitrogen and oxygen atoms in total. The van der Waals surface area contributed by atoms with E-state index in [-0.39, 0.29) is 6.10 Å². The fourth-order valence-corrected chi connectivity index (χ4v) is 10.4. The topological polar surface area (TPSA) is 20.2 Å². The average Bonchev–Trinajstić information content (AvgIpc) is 3.35. The summed E-state index contributed by atoms with van der Waals surface area (Å²) in [4.78, 5) is 0. The molecule has 0 heterocycles. The SMILES string of the molecule is C=C(C)CCCC(C)C1CCC2C3CCC4C(C)C(O)CCC45CC35CCC12C.CC.CC. The van der Waals surface area contributed by atoms with Crippen LogP contribution in [0.1, 0.15) is 132 Å². The Morgan fingerprint density at radius 3 is 2.18 bits per heavy atom. The van der Waals surface area contributed by atoms with E-state index in [0.717, 1.165) is 36.0 Å². The first-order chi connectivity index (χ1) is 15.8. The van der Waals surface area contributed by atoms with E-state index in [1.807, 2.05) is 27.7 Å². The van der Waals surface area contributed by atoms with Crippen molar-refractivity contribution in [2.24, 2.45) is 51.8 Å². The number of aliphatic hydroxyl groups excluding tert-OH is 1. The summed E-state index contributed by atoms with van der Waals surface area (Å²) in [5.41, 5.74) is 3.29. The molecule has 0 aromatic heterocycles. The van der Waals surface area contributed by atoms with Gasteiger partial charge in [0.05, 0.1) is 6.10 Å². The highest BCUT2D eigenvalue weighted by atomic mass is 16.3. The summed E-state index contributed by atoms with van der Waals surface area (Å²) in [6.45, 7) is 22.0. The normalized spacial score (nSPS) is 47.8. The third kappa shape index (κ3) is 4.19. The molecule has 2 spiro atoms. The molecule has 0 amide bonds. The molecule has 5 saturated carbocycles. The zero-order chi connectivity index (χ0) is 24.6. The van der Waals surface area contributed by atoms with E-state index in [1.165, 1.54) is 76.2 Å². The number of fused-ring (bicyclic) bond motifs is 2. The van der Waals surface area contributed by atoms with Gasteiger partial charge in [0.25, 0.3) is 0 Å². The summed E-state index contributed by atoms with van der Waals surface area (Å²) >= 11 is 0. The first kappa shape index (κ1) is 27.3. The second-order valence-corrected chi connectivity index (χ2v) is 12.9. The predicted octanol–water partition coefficient (Wildman–Crippen LogP) is 9.44. The third-order valence-corrected chi connectivity index (χ3v) is 11.9. The van der Waals surface area contributed by atoms with E-state index in [4.69, 9.17) is 0 Å². The maximum absolute atomic E-state index is 10.5. The van der Waals surface area contributed by atoms with Crippen molar-refractivity contribution in [2.45, 2.75) is 139 Å². The van der Waals surface area contributed by atoms with Crippen LogP contribution in [0.25, 0.3) is 0 Å². The molecule has 0 bridgehead atoms. The van der Waals surface area contributed by atoms with Crippen LogP contribution in [0.5, 0.6) is 0 Å². The Kier molecular flexibility index (Phi) is 8.57. The summed E-state index contributed by atoms with van der Waals surface area (Å²) < 4.78 is 0. The van der Waals surface area contributed by atoms with E-state index in [1.54, 1.807) is 0 Å². The molecule has 0 aromatic carbocycles. The van der Waals surface area contributed by atoms with Crippen LogP contribution in [0.2, 0.25) is 0 Å². The zero-order valence-corrected chi connectivity index (χ0v) is 23.7. The van der Waals surface area contributed by atoms with Gasteiger partial charge in [-0.2, -0.15) is 0 Å². The first-order valence-corrected chi connectivity index (χ1v) is 15.1. The van der Waals surface area contributed by atoms with Gasteiger partial charge >= 0.3 is 0 Å². The van der Waals surface area contributed by atoms with Crippen molar-refractivity contribution in [1.82, 2.24) is 0 Å². The van der Waals surface area contributed by atoms with Crippen LogP contribution in [0, 0.1) is 51.8 Å². The summed E-state index contributed by atoms with van der Waals surface area (Å²) in [6.07, 6.45) is 16.8. The van der Waals surface area contributed by atoms with Crippen LogP contribution in [0.3, 0.4) is 0 Å². The molecular formula is C32H58O. The molecule has 10 unspecified atom stereocenters. The number of rotatable bonds is 5. The van der Waals surface area contributed by atoms with Crippen molar-refractivity contribution in [1.29, 1.82) is 0 Å². The lowest BCUT2D eigenvalue weighted by Gasteiger charge is -2.57. The summed E-state index contributed by atoms with van der Waals surface area (Å²) in [5, 5.41) is 10.5. The lowest BCUT2D eigenvalue weighted by molar-refractivity contribution is -0.101. The van der Waals surface area contributed by atoms with E-state index >= 15 is 0 Å². The first-order valence-electron chi connectivity index (χ1n) is 15.1. The minimum absolute atomic E-state index is 0.0235. The largest absolute Gasteiger partial charge is 0.393 e. The van der Waals surface area contributed by atoms with Crippen molar-refractivity contribution in [3.63, 3.8) is 0 Å². The minimum atomic E-state index is -0.0235. The fourth-order valence-electron chi connectivity index (χ4n) is 10.4. The zero-order valence-electron chi connectivity index (χ0n) is 23.7. The second-order valence-electron chi connectivity index (χ2n) is 12.9. The van der Waals surface area contributed by atoms with Crippen molar-refractivity contribution in [3.8, 4) is 0 Å². The van der Waals surface area contributed by atoms with Crippen molar-refractivity contribution < 1.29 is 5.11 Å². The Labute approximate surface area is 207 Å². The minimum Gasteiger partial charge on any atom is -0.393 e. The van der Waals surface area contributed by atoms with Crippen LogP contribution in [0.4, 0.5) is 0 Å². The van der Waals surface area contributed by atoms with Gasteiger partial charge in [-0.05, 0) is 129 Å². The van der Waals surface area contributed by atoms with Gasteiger partial charge in [-0.25, -0.2) is 0 Å². The second kappa shape index (κ2) is 10.4. The van der Waals surface area contributed by atoms with E-state index in [9.17, 15) is 5.11 Å². The summed E-state index contributed by atoms with van der Waals surface area (Å²) in [7, 11) is 0. The number of aliphatic hydroxyl groups is 1. The van der Waals surface area contributed by atoms with Gasteiger partial charge in [-0.1, -0.05) is 60.5 Å². The number of hydrogen-bond donors (Lipinski definition) is 1.